The topological polar surface area (TPSA) is 146 Å². The number of aromatic nitrogens is 2. The molecule has 0 bridgehead atoms. The van der Waals surface area contributed by atoms with Gasteiger partial charge in [-0.05, 0) is 124 Å². The lowest BCUT2D eigenvalue weighted by Gasteiger charge is -2.27. The molecule has 2 saturated carbocycles. The summed E-state index contributed by atoms with van der Waals surface area (Å²) in [7, 11) is 2.81. The van der Waals surface area contributed by atoms with Gasteiger partial charge in [0, 0.05) is 16.8 Å². The van der Waals surface area contributed by atoms with Gasteiger partial charge in [-0.2, -0.15) is 0 Å². The number of carbonyl (C=O) groups is 4. The number of imide groups is 1. The molecule has 6 rings (SSSR count). The highest BCUT2D eigenvalue weighted by Gasteiger charge is 2.31. The molecule has 1 aromatic heterocycles. The van der Waals surface area contributed by atoms with E-state index in [9.17, 15) is 19.2 Å². The third kappa shape index (κ3) is 8.92. The van der Waals surface area contributed by atoms with Crippen LogP contribution in [0.5, 0.6) is 11.5 Å². The maximum absolute atomic E-state index is 14.1. The molecule has 0 spiro atoms. The number of anilines is 3. The van der Waals surface area contributed by atoms with Crippen LogP contribution in [0.2, 0.25) is 0 Å². The molecule has 52 heavy (non-hydrogen) atoms. The Morgan fingerprint density at radius 2 is 1.04 bits per heavy atom. The molecule has 12 nitrogen and oxygen atoms in total. The first-order valence-electron chi connectivity index (χ1n) is 17.5. The van der Waals surface area contributed by atoms with Crippen LogP contribution < -0.4 is 19.7 Å². The van der Waals surface area contributed by atoms with Gasteiger partial charge in [-0.1, -0.05) is 18.2 Å². The van der Waals surface area contributed by atoms with Crippen LogP contribution in [-0.2, 0) is 19.1 Å². The van der Waals surface area contributed by atoms with Gasteiger partial charge in [0.05, 0.1) is 38.3 Å². The van der Waals surface area contributed by atoms with E-state index in [4.69, 9.17) is 18.9 Å². The van der Waals surface area contributed by atoms with Crippen LogP contribution in [0.15, 0.2) is 91.0 Å². The van der Waals surface area contributed by atoms with Crippen LogP contribution in [0.3, 0.4) is 0 Å². The molecule has 3 aromatic carbocycles. The second kappa shape index (κ2) is 17.0. The maximum atomic E-state index is 14.1. The lowest BCUT2D eigenvalue weighted by Crippen LogP contribution is -2.38. The molecular formula is C40H42N4O8. The van der Waals surface area contributed by atoms with Gasteiger partial charge in [-0.25, -0.2) is 4.90 Å². The minimum Gasteiger partial charge on any atom is -0.490 e. The van der Waals surface area contributed by atoms with E-state index in [1.165, 1.54) is 14.2 Å². The summed E-state index contributed by atoms with van der Waals surface area (Å²) in [5, 5.41) is 11.7. The molecule has 2 aliphatic rings. The molecule has 4 aromatic rings. The van der Waals surface area contributed by atoms with Crippen LogP contribution >= 0.6 is 0 Å². The summed E-state index contributed by atoms with van der Waals surface area (Å²) in [5.41, 5.74) is 1.32. The number of nitrogens with zero attached hydrogens (tertiary/aromatic N) is 3. The largest absolute Gasteiger partial charge is 0.490 e. The molecular weight excluding hydrogens is 664 g/mol. The van der Waals surface area contributed by atoms with E-state index in [2.05, 4.69) is 15.5 Å². The second-order valence-corrected chi connectivity index (χ2v) is 13.0. The highest BCUT2D eigenvalue weighted by atomic mass is 16.5. The Bertz CT molecular complexity index is 1730. The quantitative estimate of drug-likeness (QED) is 0.128. The summed E-state index contributed by atoms with van der Waals surface area (Å²) in [6.45, 7) is 0. The summed E-state index contributed by atoms with van der Waals surface area (Å²) in [4.78, 5) is 52.9. The van der Waals surface area contributed by atoms with Crippen molar-refractivity contribution in [2.75, 3.05) is 24.4 Å². The van der Waals surface area contributed by atoms with E-state index in [0.717, 1.165) is 36.3 Å². The number of esters is 2. The summed E-state index contributed by atoms with van der Waals surface area (Å²) in [6, 6.07) is 25.9. The average molecular weight is 707 g/mol. The summed E-state index contributed by atoms with van der Waals surface area (Å²) >= 11 is 0. The van der Waals surface area contributed by atoms with Gasteiger partial charge >= 0.3 is 11.9 Å². The van der Waals surface area contributed by atoms with Crippen LogP contribution in [0.25, 0.3) is 0 Å². The van der Waals surface area contributed by atoms with E-state index in [-0.39, 0.29) is 52.9 Å². The normalized spacial score (nSPS) is 19.8. The number of ether oxygens (including phenoxy) is 4. The standard InChI is InChI=1S/C40H42N4O8/c1-49-39(47)28-12-20-33(21-13-28)51-31-16-8-26(9-17-31)37(45)44(36-25-24-35(42-43-36)41-30-6-4-3-5-7-30)38(46)27-10-18-32(19-11-27)52-34-22-14-29(15-23-34)40(48)50-2/h3-11,16-19,24-25,28-29,33-34H,12-15,20-23H2,1-2H3,(H,41,42). The fourth-order valence-corrected chi connectivity index (χ4v) is 6.64. The van der Waals surface area contributed by atoms with Crippen molar-refractivity contribution in [1.82, 2.24) is 10.2 Å². The monoisotopic (exact) mass is 706 g/mol. The smallest absolute Gasteiger partial charge is 0.308 e. The molecule has 1 heterocycles. The first kappa shape index (κ1) is 36.0. The zero-order valence-electron chi connectivity index (χ0n) is 29.2. The van der Waals surface area contributed by atoms with Crippen molar-refractivity contribution in [3.63, 3.8) is 0 Å². The Kier molecular flexibility index (Phi) is 11.7. The van der Waals surface area contributed by atoms with Gasteiger partial charge in [0.15, 0.2) is 11.6 Å². The van der Waals surface area contributed by atoms with E-state index < -0.39 is 11.8 Å². The van der Waals surface area contributed by atoms with Gasteiger partial charge in [0.25, 0.3) is 11.8 Å². The van der Waals surface area contributed by atoms with Crippen molar-refractivity contribution in [3.8, 4) is 11.5 Å². The number of hydrogen-bond acceptors (Lipinski definition) is 11. The maximum Gasteiger partial charge on any atom is 0.308 e. The molecule has 2 aliphatic carbocycles. The van der Waals surface area contributed by atoms with Gasteiger partial charge in [0.2, 0.25) is 0 Å². The molecule has 0 radical (unpaired) electrons. The number of rotatable bonds is 11. The highest BCUT2D eigenvalue weighted by Crippen LogP contribution is 2.31. The van der Waals surface area contributed by atoms with Gasteiger partial charge < -0.3 is 24.3 Å². The molecule has 2 fully saturated rings. The number of carbonyl (C=O) groups excluding carboxylic acids is 4. The molecule has 0 aliphatic heterocycles. The first-order chi connectivity index (χ1) is 25.3. The number of amides is 2. The third-order valence-corrected chi connectivity index (χ3v) is 9.56. The highest BCUT2D eigenvalue weighted by molar-refractivity contribution is 6.25. The fraction of sp³-hybridized carbons (Fsp3) is 0.350. The third-order valence-electron chi connectivity index (χ3n) is 9.56. The van der Waals surface area contributed by atoms with Gasteiger partial charge in [0.1, 0.15) is 11.5 Å². The van der Waals surface area contributed by atoms with Crippen molar-refractivity contribution < 1.29 is 38.1 Å². The van der Waals surface area contributed by atoms with Gasteiger partial charge in [-0.15, -0.1) is 10.2 Å². The predicted octanol–water partition coefficient (Wildman–Crippen LogP) is 6.93. The zero-order valence-corrected chi connectivity index (χ0v) is 29.2. The van der Waals surface area contributed by atoms with Gasteiger partial charge in [-0.3, -0.25) is 19.2 Å². The van der Waals surface area contributed by atoms with E-state index in [1.54, 1.807) is 60.7 Å². The minimum atomic E-state index is -0.587. The first-order valence-corrected chi connectivity index (χ1v) is 17.5. The van der Waals surface area contributed by atoms with Crippen LogP contribution in [-0.4, -0.2) is 60.4 Å². The van der Waals surface area contributed by atoms with Crippen molar-refractivity contribution >= 4 is 41.1 Å². The molecule has 270 valence electrons. The predicted molar refractivity (Wildman–Crippen MR) is 193 cm³/mol. The lowest BCUT2D eigenvalue weighted by molar-refractivity contribution is -0.147. The Morgan fingerprint density at radius 3 is 1.44 bits per heavy atom. The van der Waals surface area contributed by atoms with Crippen LogP contribution in [0.4, 0.5) is 17.3 Å². The zero-order chi connectivity index (χ0) is 36.5. The Hall–Kier alpha value is -5.78. The summed E-state index contributed by atoms with van der Waals surface area (Å²) < 4.78 is 22.1. The van der Waals surface area contributed by atoms with Crippen molar-refractivity contribution in [2.45, 2.75) is 63.6 Å². The van der Waals surface area contributed by atoms with Crippen LogP contribution in [0.1, 0.15) is 72.1 Å². The Morgan fingerprint density at radius 1 is 0.577 bits per heavy atom. The van der Waals surface area contributed by atoms with E-state index in [0.29, 0.717) is 43.0 Å². The number of benzene rings is 3. The molecule has 0 saturated heterocycles. The molecule has 0 unspecified atom stereocenters. The number of nitrogens with one attached hydrogen (secondary N) is 1. The van der Waals surface area contributed by atoms with Crippen molar-refractivity contribution in [1.29, 1.82) is 0 Å². The Balaban J connectivity index is 1.16. The summed E-state index contributed by atoms with van der Waals surface area (Å²) in [6.07, 6.45) is 5.53. The fourth-order valence-electron chi connectivity index (χ4n) is 6.64. The van der Waals surface area contributed by atoms with Crippen molar-refractivity contribution in [3.05, 3.63) is 102 Å². The summed E-state index contributed by atoms with van der Waals surface area (Å²) in [5.74, 6) is -0.0994. The molecule has 1 N–H and O–H groups in total. The van der Waals surface area contributed by atoms with E-state index in [1.807, 2.05) is 30.3 Å². The lowest BCUT2D eigenvalue weighted by atomic mass is 9.87. The Labute approximate surface area is 302 Å². The number of para-hydroxylation sites is 1. The molecule has 12 heteroatoms. The van der Waals surface area contributed by atoms with Crippen molar-refractivity contribution in [2.24, 2.45) is 11.8 Å². The molecule has 2 amide bonds. The number of hydrogen-bond donors (Lipinski definition) is 1. The molecule has 0 atom stereocenters. The SMILES string of the molecule is COC(=O)C1CCC(Oc2ccc(C(=O)N(C(=O)c3ccc(OC4CCC(C(=O)OC)CC4)cc3)c3ccc(Nc4ccccc4)nn3)cc2)CC1. The minimum absolute atomic E-state index is 0.0546. The number of methoxy groups -OCH3 is 2. The second-order valence-electron chi connectivity index (χ2n) is 13.0. The average Bonchev–Trinajstić information content (AvgIpc) is 3.19. The van der Waals surface area contributed by atoms with E-state index >= 15 is 0 Å². The van der Waals surface area contributed by atoms with Crippen LogP contribution in [0, 0.1) is 11.8 Å².